The molecule has 28 heavy (non-hydrogen) atoms. The second kappa shape index (κ2) is 8.32. The van der Waals surface area contributed by atoms with Gasteiger partial charge in [0.1, 0.15) is 0 Å². The van der Waals surface area contributed by atoms with Gasteiger partial charge in [0.15, 0.2) is 0 Å². The molecule has 1 heteroatoms. The molecule has 0 spiro atoms. The highest BCUT2D eigenvalue weighted by Crippen LogP contribution is 2.68. The SMILES string of the molecule is CC(C=S)CCC[C@@H](C)[C@H]1CC[C@H]2[C@@H]3CCC4CCCC[C@]4(C)[C@H]3CC[C@]12C. The molecule has 160 valence electrons. The van der Waals surface area contributed by atoms with E-state index in [1.807, 2.05) is 5.37 Å². The van der Waals surface area contributed by atoms with Crippen molar-refractivity contribution in [3.8, 4) is 0 Å². The Balaban J connectivity index is 1.44. The van der Waals surface area contributed by atoms with E-state index in [0.29, 0.717) is 16.7 Å². The molecule has 0 amide bonds. The van der Waals surface area contributed by atoms with E-state index < -0.39 is 0 Å². The smallest absolute Gasteiger partial charge is 0.0157 e. The summed E-state index contributed by atoms with van der Waals surface area (Å²) in [5, 5.41) is 1.97. The third-order valence-corrected chi connectivity index (χ3v) is 11.4. The van der Waals surface area contributed by atoms with E-state index in [0.717, 1.165) is 35.5 Å². The lowest BCUT2D eigenvalue weighted by molar-refractivity contribution is -0.114. The molecule has 0 aromatic rings. The van der Waals surface area contributed by atoms with Crippen LogP contribution in [0.3, 0.4) is 0 Å². The minimum absolute atomic E-state index is 0.621. The van der Waals surface area contributed by atoms with Gasteiger partial charge in [-0.1, -0.05) is 65.6 Å². The molecule has 4 fully saturated rings. The van der Waals surface area contributed by atoms with Gasteiger partial charge in [-0.3, -0.25) is 0 Å². The van der Waals surface area contributed by atoms with E-state index in [4.69, 9.17) is 12.2 Å². The summed E-state index contributed by atoms with van der Waals surface area (Å²) in [5.41, 5.74) is 1.34. The van der Waals surface area contributed by atoms with Crippen molar-refractivity contribution in [3.63, 3.8) is 0 Å². The summed E-state index contributed by atoms with van der Waals surface area (Å²) in [6.07, 6.45) is 19.5. The molecule has 0 saturated heterocycles. The van der Waals surface area contributed by atoms with E-state index in [9.17, 15) is 0 Å². The van der Waals surface area contributed by atoms with Crippen molar-refractivity contribution < 1.29 is 0 Å². The average Bonchev–Trinajstić information content (AvgIpc) is 3.04. The van der Waals surface area contributed by atoms with Crippen LogP contribution in [-0.2, 0) is 0 Å². The van der Waals surface area contributed by atoms with Gasteiger partial charge >= 0.3 is 0 Å². The molecular formula is C27H46S. The van der Waals surface area contributed by atoms with Crippen LogP contribution in [0.5, 0.6) is 0 Å². The Hall–Kier alpha value is 0.0900. The van der Waals surface area contributed by atoms with Crippen molar-refractivity contribution in [2.75, 3.05) is 0 Å². The highest BCUT2D eigenvalue weighted by atomic mass is 32.1. The Labute approximate surface area is 181 Å². The topological polar surface area (TPSA) is 0 Å². The Morgan fingerprint density at radius 1 is 0.857 bits per heavy atom. The van der Waals surface area contributed by atoms with Crippen LogP contribution in [-0.4, -0.2) is 5.37 Å². The summed E-state index contributed by atoms with van der Waals surface area (Å²) in [5.74, 6) is 6.73. The largest absolute Gasteiger partial charge is 0.0932 e. The van der Waals surface area contributed by atoms with E-state index in [-0.39, 0.29) is 0 Å². The fraction of sp³-hybridized carbons (Fsp3) is 0.963. The van der Waals surface area contributed by atoms with Crippen LogP contribution in [0.2, 0.25) is 0 Å². The van der Waals surface area contributed by atoms with E-state index in [1.165, 1.54) is 44.9 Å². The molecule has 9 atom stereocenters. The Kier molecular flexibility index (Phi) is 6.33. The monoisotopic (exact) mass is 402 g/mol. The fourth-order valence-electron chi connectivity index (χ4n) is 9.30. The van der Waals surface area contributed by atoms with Crippen molar-refractivity contribution in [2.24, 2.45) is 52.3 Å². The maximum absolute atomic E-state index is 5.13. The summed E-state index contributed by atoms with van der Waals surface area (Å²) < 4.78 is 0. The van der Waals surface area contributed by atoms with Gasteiger partial charge in [-0.2, -0.15) is 0 Å². The number of hydrogen-bond donors (Lipinski definition) is 0. The minimum atomic E-state index is 0.621. The summed E-state index contributed by atoms with van der Waals surface area (Å²) in [6, 6.07) is 0. The van der Waals surface area contributed by atoms with Crippen LogP contribution in [0.4, 0.5) is 0 Å². The molecule has 0 N–H and O–H groups in total. The maximum Gasteiger partial charge on any atom is -0.0157 e. The fourth-order valence-corrected chi connectivity index (χ4v) is 9.44. The zero-order chi connectivity index (χ0) is 19.9. The number of thiocarbonyl (C=S) groups is 1. The van der Waals surface area contributed by atoms with Gasteiger partial charge < -0.3 is 0 Å². The lowest BCUT2D eigenvalue weighted by Crippen LogP contribution is -2.53. The van der Waals surface area contributed by atoms with Gasteiger partial charge in [0, 0.05) is 0 Å². The second-order valence-electron chi connectivity index (χ2n) is 12.2. The van der Waals surface area contributed by atoms with Crippen LogP contribution in [0.25, 0.3) is 0 Å². The Bertz CT molecular complexity index is 554. The molecule has 0 nitrogen and oxygen atoms in total. The van der Waals surface area contributed by atoms with Gasteiger partial charge in [0.05, 0.1) is 0 Å². The Morgan fingerprint density at radius 2 is 1.64 bits per heavy atom. The van der Waals surface area contributed by atoms with Gasteiger partial charge in [-0.15, -0.1) is 0 Å². The molecule has 0 aliphatic heterocycles. The van der Waals surface area contributed by atoms with Crippen LogP contribution in [0.15, 0.2) is 0 Å². The first-order chi connectivity index (χ1) is 13.4. The molecule has 4 rings (SSSR count). The van der Waals surface area contributed by atoms with Crippen LogP contribution in [0, 0.1) is 52.3 Å². The van der Waals surface area contributed by atoms with Crippen LogP contribution >= 0.6 is 12.2 Å². The quantitative estimate of drug-likeness (QED) is 0.401. The van der Waals surface area contributed by atoms with Crippen molar-refractivity contribution in [1.29, 1.82) is 0 Å². The highest BCUT2D eigenvalue weighted by molar-refractivity contribution is 7.79. The minimum Gasteiger partial charge on any atom is -0.0932 e. The molecule has 0 bridgehead atoms. The van der Waals surface area contributed by atoms with Gasteiger partial charge in [-0.25, -0.2) is 0 Å². The average molecular weight is 403 g/mol. The van der Waals surface area contributed by atoms with Crippen molar-refractivity contribution in [1.82, 2.24) is 0 Å². The summed E-state index contributed by atoms with van der Waals surface area (Å²) >= 11 is 5.13. The van der Waals surface area contributed by atoms with Crippen LogP contribution < -0.4 is 0 Å². The predicted molar refractivity (Wildman–Crippen MR) is 126 cm³/mol. The van der Waals surface area contributed by atoms with Gasteiger partial charge in [-0.05, 0) is 115 Å². The molecule has 2 unspecified atom stereocenters. The first-order valence-corrected chi connectivity index (χ1v) is 13.3. The number of hydrogen-bond acceptors (Lipinski definition) is 1. The zero-order valence-corrected chi connectivity index (χ0v) is 20.0. The normalized spacial score (nSPS) is 47.5. The summed E-state index contributed by atoms with van der Waals surface area (Å²) in [4.78, 5) is 0. The van der Waals surface area contributed by atoms with E-state index >= 15 is 0 Å². The molecule has 0 aromatic carbocycles. The van der Waals surface area contributed by atoms with Crippen molar-refractivity contribution in [2.45, 2.75) is 111 Å². The van der Waals surface area contributed by atoms with Crippen LogP contribution in [0.1, 0.15) is 111 Å². The second-order valence-corrected chi connectivity index (χ2v) is 12.4. The van der Waals surface area contributed by atoms with E-state index in [2.05, 4.69) is 27.7 Å². The number of fused-ring (bicyclic) bond motifs is 5. The van der Waals surface area contributed by atoms with Gasteiger partial charge in [0.25, 0.3) is 0 Å². The number of rotatable bonds is 6. The molecule has 0 heterocycles. The van der Waals surface area contributed by atoms with Crippen molar-refractivity contribution in [3.05, 3.63) is 0 Å². The lowest BCUT2D eigenvalue weighted by atomic mass is 9.44. The lowest BCUT2D eigenvalue weighted by Gasteiger charge is -2.61. The third kappa shape index (κ3) is 3.54. The molecule has 4 saturated carbocycles. The summed E-state index contributed by atoms with van der Waals surface area (Å²) in [6.45, 7) is 10.3. The molecule has 4 aliphatic rings. The first kappa shape index (κ1) is 21.3. The van der Waals surface area contributed by atoms with Gasteiger partial charge in [0.2, 0.25) is 0 Å². The molecular weight excluding hydrogens is 356 g/mol. The third-order valence-electron chi connectivity index (χ3n) is 10.9. The zero-order valence-electron chi connectivity index (χ0n) is 19.2. The predicted octanol–water partition coefficient (Wildman–Crippen LogP) is 8.48. The molecule has 0 aromatic heterocycles. The summed E-state index contributed by atoms with van der Waals surface area (Å²) in [7, 11) is 0. The van der Waals surface area contributed by atoms with Crippen molar-refractivity contribution >= 4 is 17.6 Å². The Morgan fingerprint density at radius 3 is 2.43 bits per heavy atom. The van der Waals surface area contributed by atoms with E-state index in [1.54, 1.807) is 38.5 Å². The molecule has 0 radical (unpaired) electrons. The maximum atomic E-state index is 5.13. The highest BCUT2D eigenvalue weighted by Gasteiger charge is 2.59. The molecule has 4 aliphatic carbocycles. The standard InChI is InChI=1S/C27H46S/c1-19(18-28)8-7-9-20(2)23-13-14-24-22-12-11-21-10-5-6-16-26(21,3)25(22)15-17-27(23,24)4/h18-25H,5-17H2,1-4H3/t19?,20-,21?,22+,23-,24+,25+,26+,27-/m1/s1. The first-order valence-electron chi connectivity index (χ1n) is 12.9.